The van der Waals surface area contributed by atoms with Crippen LogP contribution in [-0.2, 0) is 13.1 Å². The van der Waals surface area contributed by atoms with E-state index in [1.54, 1.807) is 19.1 Å². The molecule has 0 aliphatic heterocycles. The van der Waals surface area contributed by atoms with Crippen LogP contribution < -0.4 is 20.1 Å². The first kappa shape index (κ1) is 23.9. The van der Waals surface area contributed by atoms with Gasteiger partial charge >= 0.3 is 6.61 Å². The molecular weight excluding hydrogens is 479 g/mol. The monoisotopic (exact) mass is 505 g/mol. The smallest absolute Gasteiger partial charge is 0.387 e. The Balaban J connectivity index is 0.00000392. The molecule has 0 atom stereocenters. The van der Waals surface area contributed by atoms with E-state index in [0.717, 1.165) is 17.7 Å². The van der Waals surface area contributed by atoms with E-state index in [1.807, 2.05) is 37.3 Å². The number of hydrogen-bond acceptors (Lipinski definition) is 3. The fourth-order valence-corrected chi connectivity index (χ4v) is 2.41. The zero-order valence-corrected chi connectivity index (χ0v) is 18.3. The lowest BCUT2D eigenvalue weighted by molar-refractivity contribution is -0.0514. The first-order valence-electron chi connectivity index (χ1n) is 8.89. The van der Waals surface area contributed by atoms with Crippen molar-refractivity contribution in [3.8, 4) is 11.5 Å². The van der Waals surface area contributed by atoms with Gasteiger partial charge in [0.15, 0.2) is 17.5 Å². The van der Waals surface area contributed by atoms with E-state index >= 15 is 0 Å². The van der Waals surface area contributed by atoms with Gasteiger partial charge in [0.2, 0.25) is 0 Å². The number of nitrogens with zero attached hydrogens (tertiary/aromatic N) is 1. The van der Waals surface area contributed by atoms with Crippen LogP contribution in [0.4, 0.5) is 8.78 Å². The molecule has 8 heteroatoms. The number of guanidine groups is 1. The maximum absolute atomic E-state index is 12.5. The number of alkyl halides is 2. The van der Waals surface area contributed by atoms with Crippen LogP contribution in [0.5, 0.6) is 11.5 Å². The molecule has 154 valence electrons. The molecule has 0 aliphatic rings. The Kier molecular flexibility index (Phi) is 11.2. The number of aliphatic imine (C=N–C) groups is 1. The molecule has 5 nitrogen and oxygen atoms in total. The van der Waals surface area contributed by atoms with Crippen LogP contribution >= 0.6 is 24.0 Å². The lowest BCUT2D eigenvalue weighted by atomic mass is 10.2. The van der Waals surface area contributed by atoms with E-state index in [1.165, 1.54) is 6.07 Å². The predicted octanol–water partition coefficient (Wildman–Crippen LogP) is 4.56. The highest BCUT2D eigenvalue weighted by Crippen LogP contribution is 2.30. The minimum atomic E-state index is -2.89. The topological polar surface area (TPSA) is 54.9 Å². The van der Waals surface area contributed by atoms with Crippen LogP contribution in [0, 0.1) is 0 Å². The van der Waals surface area contributed by atoms with Gasteiger partial charge in [0.05, 0.1) is 13.2 Å². The average Bonchev–Trinajstić information content (AvgIpc) is 2.66. The molecule has 2 aromatic rings. The highest BCUT2D eigenvalue weighted by molar-refractivity contribution is 14.0. The maximum atomic E-state index is 12.5. The highest BCUT2D eigenvalue weighted by Gasteiger charge is 2.11. The number of rotatable bonds is 9. The lowest BCUT2D eigenvalue weighted by Crippen LogP contribution is -2.36. The van der Waals surface area contributed by atoms with Gasteiger partial charge in [-0.15, -0.1) is 24.0 Å². The lowest BCUT2D eigenvalue weighted by Gasteiger charge is -2.13. The summed E-state index contributed by atoms with van der Waals surface area (Å²) in [5.74, 6) is 0.980. The van der Waals surface area contributed by atoms with Crippen LogP contribution in [0.2, 0.25) is 0 Å². The van der Waals surface area contributed by atoms with Gasteiger partial charge in [-0.1, -0.05) is 36.4 Å². The molecule has 0 unspecified atom stereocenters. The SMILES string of the molecule is CCNC(=NCc1ccc(OC(F)F)c(OCC)c1)NCc1ccccc1.I. The third kappa shape index (κ3) is 8.28. The molecule has 28 heavy (non-hydrogen) atoms. The second-order valence-corrected chi connectivity index (χ2v) is 5.63. The minimum absolute atomic E-state index is 0. The van der Waals surface area contributed by atoms with Crippen molar-refractivity contribution in [3.63, 3.8) is 0 Å². The third-order valence-electron chi connectivity index (χ3n) is 3.59. The molecule has 0 saturated heterocycles. The van der Waals surface area contributed by atoms with E-state index in [0.29, 0.717) is 25.7 Å². The number of nitrogens with one attached hydrogen (secondary N) is 2. The largest absolute Gasteiger partial charge is 0.490 e. The zero-order valence-electron chi connectivity index (χ0n) is 16.0. The number of ether oxygens (including phenoxy) is 2. The van der Waals surface area contributed by atoms with Crippen LogP contribution in [0.3, 0.4) is 0 Å². The Bertz CT molecular complexity index is 731. The van der Waals surface area contributed by atoms with Gasteiger partial charge in [0.1, 0.15) is 0 Å². The Morgan fingerprint density at radius 3 is 2.39 bits per heavy atom. The van der Waals surface area contributed by atoms with E-state index < -0.39 is 6.61 Å². The van der Waals surface area contributed by atoms with Crippen molar-refractivity contribution >= 4 is 29.9 Å². The molecule has 0 heterocycles. The third-order valence-corrected chi connectivity index (χ3v) is 3.59. The Morgan fingerprint density at radius 2 is 1.75 bits per heavy atom. The average molecular weight is 505 g/mol. The second-order valence-electron chi connectivity index (χ2n) is 5.63. The summed E-state index contributed by atoms with van der Waals surface area (Å²) in [6.07, 6.45) is 0. The molecule has 2 N–H and O–H groups in total. The molecule has 0 radical (unpaired) electrons. The molecule has 0 aromatic heterocycles. The standard InChI is InChI=1S/C20H25F2N3O2.HI/c1-3-23-20(24-13-15-8-6-5-7-9-15)25-14-16-10-11-17(27-19(21)22)18(12-16)26-4-2;/h5-12,19H,3-4,13-14H2,1-2H3,(H2,23,24,25);1H. The Morgan fingerprint density at radius 1 is 1.00 bits per heavy atom. The molecule has 0 bridgehead atoms. The van der Waals surface area contributed by atoms with Gasteiger partial charge < -0.3 is 20.1 Å². The van der Waals surface area contributed by atoms with Crippen molar-refractivity contribution in [2.24, 2.45) is 4.99 Å². The molecular formula is C20H26F2IN3O2. The van der Waals surface area contributed by atoms with Crippen molar-refractivity contribution < 1.29 is 18.3 Å². The van der Waals surface area contributed by atoms with E-state index in [2.05, 4.69) is 20.4 Å². The van der Waals surface area contributed by atoms with Crippen molar-refractivity contribution in [2.45, 2.75) is 33.5 Å². The molecule has 0 saturated carbocycles. The molecule has 0 aliphatic carbocycles. The first-order valence-corrected chi connectivity index (χ1v) is 8.89. The second kappa shape index (κ2) is 13.1. The van der Waals surface area contributed by atoms with Gasteiger partial charge in [-0.25, -0.2) is 4.99 Å². The summed E-state index contributed by atoms with van der Waals surface area (Å²) in [7, 11) is 0. The Hall–Kier alpha value is -2.10. The molecule has 2 aromatic carbocycles. The number of hydrogen-bond donors (Lipinski definition) is 2. The quantitative estimate of drug-likeness (QED) is 0.298. The van der Waals surface area contributed by atoms with Crippen LogP contribution in [-0.4, -0.2) is 25.7 Å². The molecule has 0 spiro atoms. The maximum Gasteiger partial charge on any atom is 0.387 e. The summed E-state index contributed by atoms with van der Waals surface area (Å²) in [6, 6.07) is 14.9. The molecule has 0 amide bonds. The Labute approximate surface area is 181 Å². The highest BCUT2D eigenvalue weighted by atomic mass is 127. The minimum Gasteiger partial charge on any atom is -0.490 e. The van der Waals surface area contributed by atoms with Gasteiger partial charge in [-0.05, 0) is 37.1 Å². The van der Waals surface area contributed by atoms with Crippen molar-refractivity contribution in [1.82, 2.24) is 10.6 Å². The number of halogens is 3. The molecule has 0 fully saturated rings. The van der Waals surface area contributed by atoms with E-state index in [9.17, 15) is 8.78 Å². The summed E-state index contributed by atoms with van der Waals surface area (Å²) in [5.41, 5.74) is 1.98. The van der Waals surface area contributed by atoms with E-state index in [4.69, 9.17) is 4.74 Å². The first-order chi connectivity index (χ1) is 13.1. The van der Waals surface area contributed by atoms with Crippen LogP contribution in [0.1, 0.15) is 25.0 Å². The number of benzene rings is 2. The van der Waals surface area contributed by atoms with E-state index in [-0.39, 0.29) is 35.5 Å². The van der Waals surface area contributed by atoms with Crippen molar-refractivity contribution in [2.75, 3.05) is 13.2 Å². The van der Waals surface area contributed by atoms with Crippen LogP contribution in [0.25, 0.3) is 0 Å². The van der Waals surface area contributed by atoms with Gasteiger partial charge in [0.25, 0.3) is 0 Å². The van der Waals surface area contributed by atoms with Gasteiger partial charge in [-0.2, -0.15) is 8.78 Å². The summed E-state index contributed by atoms with van der Waals surface area (Å²) < 4.78 is 34.9. The van der Waals surface area contributed by atoms with Crippen molar-refractivity contribution in [1.29, 1.82) is 0 Å². The summed E-state index contributed by atoms with van der Waals surface area (Å²) >= 11 is 0. The fourth-order valence-electron chi connectivity index (χ4n) is 2.41. The van der Waals surface area contributed by atoms with Crippen LogP contribution in [0.15, 0.2) is 53.5 Å². The zero-order chi connectivity index (χ0) is 19.5. The summed E-state index contributed by atoms with van der Waals surface area (Å²) in [5, 5.41) is 6.45. The predicted molar refractivity (Wildman–Crippen MR) is 118 cm³/mol. The van der Waals surface area contributed by atoms with Gasteiger partial charge in [0, 0.05) is 13.1 Å². The summed E-state index contributed by atoms with van der Waals surface area (Å²) in [4.78, 5) is 4.54. The summed E-state index contributed by atoms with van der Waals surface area (Å²) in [6.45, 7) is 2.99. The van der Waals surface area contributed by atoms with Crippen molar-refractivity contribution in [3.05, 3.63) is 59.7 Å². The van der Waals surface area contributed by atoms with Gasteiger partial charge in [-0.3, -0.25) is 0 Å². The molecule has 2 rings (SSSR count). The normalized spacial score (nSPS) is 11.0. The fraction of sp³-hybridized carbons (Fsp3) is 0.350.